The summed E-state index contributed by atoms with van der Waals surface area (Å²) in [6, 6.07) is 3.54. The summed E-state index contributed by atoms with van der Waals surface area (Å²) >= 11 is 6.03. The molecule has 5 heteroatoms. The van der Waals surface area contributed by atoms with Crippen LogP contribution in [0.4, 0.5) is 0 Å². The molecule has 1 aromatic rings. The summed E-state index contributed by atoms with van der Waals surface area (Å²) in [6.45, 7) is 8.03. The van der Waals surface area contributed by atoms with Crippen LogP contribution in [0, 0.1) is 11.3 Å². The number of pyridine rings is 1. The van der Waals surface area contributed by atoms with Crippen molar-refractivity contribution in [3.05, 3.63) is 23.4 Å². The fraction of sp³-hybridized carbons (Fsp3) is 0.625. The lowest BCUT2D eigenvalue weighted by Crippen LogP contribution is -2.46. The molecule has 0 saturated carbocycles. The highest BCUT2D eigenvalue weighted by Crippen LogP contribution is 2.25. The van der Waals surface area contributed by atoms with Crippen molar-refractivity contribution in [2.45, 2.75) is 33.6 Å². The van der Waals surface area contributed by atoms with Gasteiger partial charge in [0.25, 0.3) is 0 Å². The summed E-state index contributed by atoms with van der Waals surface area (Å²) < 4.78 is 5.71. The smallest absolute Gasteiger partial charge is 0.232 e. The van der Waals surface area contributed by atoms with E-state index in [2.05, 4.69) is 4.98 Å². The first kappa shape index (κ1) is 16.1. The van der Waals surface area contributed by atoms with Gasteiger partial charge < -0.3 is 9.64 Å². The molecule has 21 heavy (non-hydrogen) atoms. The van der Waals surface area contributed by atoms with E-state index in [1.807, 2.05) is 25.7 Å². The molecule has 0 spiro atoms. The van der Waals surface area contributed by atoms with E-state index in [-0.39, 0.29) is 11.3 Å². The average molecular weight is 311 g/mol. The minimum atomic E-state index is -0.326. The number of hydrogen-bond donors (Lipinski definition) is 0. The third kappa shape index (κ3) is 4.34. The Morgan fingerprint density at radius 3 is 2.95 bits per heavy atom. The number of piperidine rings is 1. The third-order valence-corrected chi connectivity index (χ3v) is 3.92. The van der Waals surface area contributed by atoms with E-state index in [0.29, 0.717) is 23.4 Å². The molecule has 0 bridgehead atoms. The number of carbonyl (C=O) groups excluding carboxylic acids is 1. The molecule has 1 unspecified atom stereocenters. The van der Waals surface area contributed by atoms with E-state index in [9.17, 15) is 4.79 Å². The molecular weight excluding hydrogens is 288 g/mol. The highest BCUT2D eigenvalue weighted by Gasteiger charge is 2.31. The Labute approximate surface area is 131 Å². The number of carbonyl (C=O) groups is 1. The highest BCUT2D eigenvalue weighted by molar-refractivity contribution is 6.31. The van der Waals surface area contributed by atoms with Gasteiger partial charge in [-0.3, -0.25) is 4.79 Å². The standard InChI is InChI=1S/C16H23ClN2O2/c1-16(2,3)15(20)19-9-5-6-12(10-19)11-21-14-13(17)7-4-8-18-14/h4,7-8,12H,5-6,9-11H2,1-3H3. The van der Waals surface area contributed by atoms with E-state index in [1.54, 1.807) is 18.3 Å². The minimum Gasteiger partial charge on any atom is -0.476 e. The number of nitrogens with zero attached hydrogens (tertiary/aromatic N) is 2. The molecule has 0 radical (unpaired) electrons. The number of amides is 1. The van der Waals surface area contributed by atoms with E-state index >= 15 is 0 Å². The van der Waals surface area contributed by atoms with Crippen molar-refractivity contribution in [1.29, 1.82) is 0 Å². The van der Waals surface area contributed by atoms with Crippen LogP contribution in [0.15, 0.2) is 18.3 Å². The van der Waals surface area contributed by atoms with E-state index in [4.69, 9.17) is 16.3 Å². The zero-order chi connectivity index (χ0) is 15.5. The van der Waals surface area contributed by atoms with Gasteiger partial charge in [0.1, 0.15) is 5.02 Å². The minimum absolute atomic E-state index is 0.211. The Morgan fingerprint density at radius 2 is 2.29 bits per heavy atom. The molecule has 1 amide bonds. The molecule has 4 nitrogen and oxygen atoms in total. The highest BCUT2D eigenvalue weighted by atomic mass is 35.5. The first-order valence-corrected chi connectivity index (χ1v) is 7.78. The summed E-state index contributed by atoms with van der Waals surface area (Å²) in [5, 5.41) is 0.524. The lowest BCUT2D eigenvalue weighted by Gasteiger charge is -2.36. The Hall–Kier alpha value is -1.29. The summed E-state index contributed by atoms with van der Waals surface area (Å²) in [5.74, 6) is 1.02. The number of hydrogen-bond acceptors (Lipinski definition) is 3. The number of rotatable bonds is 3. The molecule has 1 aliphatic heterocycles. The zero-order valence-electron chi connectivity index (χ0n) is 12.9. The van der Waals surface area contributed by atoms with Crippen LogP contribution in [0.25, 0.3) is 0 Å². The Morgan fingerprint density at radius 1 is 1.52 bits per heavy atom. The quantitative estimate of drug-likeness (QED) is 0.859. The van der Waals surface area contributed by atoms with Gasteiger partial charge in [-0.1, -0.05) is 32.4 Å². The molecule has 2 rings (SSSR count). The number of likely N-dealkylation sites (tertiary alicyclic amines) is 1. The van der Waals surface area contributed by atoms with Gasteiger partial charge in [0.05, 0.1) is 6.61 Å². The van der Waals surface area contributed by atoms with Crippen molar-refractivity contribution in [2.24, 2.45) is 11.3 Å². The molecule has 0 aromatic carbocycles. The molecule has 0 aliphatic carbocycles. The van der Waals surface area contributed by atoms with Crippen LogP contribution in [0.3, 0.4) is 0 Å². The van der Waals surface area contributed by atoms with Gasteiger partial charge in [-0.05, 0) is 25.0 Å². The molecule has 116 valence electrons. The number of aromatic nitrogens is 1. The van der Waals surface area contributed by atoms with Crippen molar-refractivity contribution in [3.8, 4) is 5.88 Å². The largest absolute Gasteiger partial charge is 0.476 e. The molecule has 1 fully saturated rings. The van der Waals surface area contributed by atoms with Crippen LogP contribution >= 0.6 is 11.6 Å². The second kappa shape index (κ2) is 6.65. The van der Waals surface area contributed by atoms with Crippen LogP contribution in [0.5, 0.6) is 5.88 Å². The van der Waals surface area contributed by atoms with Gasteiger partial charge in [-0.2, -0.15) is 0 Å². The molecular formula is C16H23ClN2O2. The SMILES string of the molecule is CC(C)(C)C(=O)N1CCCC(COc2ncccc2Cl)C1. The van der Waals surface area contributed by atoms with E-state index < -0.39 is 0 Å². The first-order valence-electron chi connectivity index (χ1n) is 7.40. The topological polar surface area (TPSA) is 42.4 Å². The second-order valence-corrected chi connectivity index (χ2v) is 7.02. The predicted molar refractivity (Wildman–Crippen MR) is 83.5 cm³/mol. The Kier molecular flexibility index (Phi) is 5.09. The number of ether oxygens (including phenoxy) is 1. The van der Waals surface area contributed by atoms with Gasteiger partial charge in [0.15, 0.2) is 0 Å². The maximum Gasteiger partial charge on any atom is 0.232 e. The van der Waals surface area contributed by atoms with Gasteiger partial charge in [-0.15, -0.1) is 0 Å². The molecule has 2 heterocycles. The van der Waals surface area contributed by atoms with Crippen LogP contribution in [0.1, 0.15) is 33.6 Å². The van der Waals surface area contributed by atoms with E-state index in [1.165, 1.54) is 0 Å². The van der Waals surface area contributed by atoms with Crippen LogP contribution < -0.4 is 4.74 Å². The summed E-state index contributed by atoms with van der Waals surface area (Å²) in [4.78, 5) is 18.4. The van der Waals surface area contributed by atoms with Gasteiger partial charge in [-0.25, -0.2) is 4.98 Å². The molecule has 1 aromatic heterocycles. The molecule has 1 saturated heterocycles. The summed E-state index contributed by atoms with van der Waals surface area (Å²) in [5.41, 5.74) is -0.326. The first-order chi connectivity index (χ1) is 9.88. The van der Waals surface area contributed by atoms with E-state index in [0.717, 1.165) is 25.9 Å². The van der Waals surface area contributed by atoms with Crippen molar-refractivity contribution in [1.82, 2.24) is 9.88 Å². The summed E-state index contributed by atoms with van der Waals surface area (Å²) in [7, 11) is 0. The lowest BCUT2D eigenvalue weighted by molar-refractivity contribution is -0.141. The summed E-state index contributed by atoms with van der Waals surface area (Å²) in [6.07, 6.45) is 3.75. The van der Waals surface area contributed by atoms with Crippen LogP contribution in [0.2, 0.25) is 5.02 Å². The van der Waals surface area contributed by atoms with Crippen molar-refractivity contribution in [3.63, 3.8) is 0 Å². The monoisotopic (exact) mass is 310 g/mol. The van der Waals surface area contributed by atoms with Crippen molar-refractivity contribution < 1.29 is 9.53 Å². The van der Waals surface area contributed by atoms with Gasteiger partial charge in [0, 0.05) is 30.6 Å². The van der Waals surface area contributed by atoms with Gasteiger partial charge in [0.2, 0.25) is 11.8 Å². The second-order valence-electron chi connectivity index (χ2n) is 6.61. The van der Waals surface area contributed by atoms with Crippen molar-refractivity contribution >= 4 is 17.5 Å². The number of halogens is 1. The lowest BCUT2D eigenvalue weighted by atomic mass is 9.91. The fourth-order valence-corrected chi connectivity index (χ4v) is 2.71. The van der Waals surface area contributed by atoms with Gasteiger partial charge >= 0.3 is 0 Å². The molecule has 1 atom stereocenters. The maximum atomic E-state index is 12.3. The predicted octanol–water partition coefficient (Wildman–Crippen LogP) is 3.40. The average Bonchev–Trinajstić information content (AvgIpc) is 2.45. The zero-order valence-corrected chi connectivity index (χ0v) is 13.7. The third-order valence-electron chi connectivity index (χ3n) is 3.63. The maximum absolute atomic E-state index is 12.3. The van der Waals surface area contributed by atoms with Crippen LogP contribution in [-0.4, -0.2) is 35.5 Å². The van der Waals surface area contributed by atoms with Crippen molar-refractivity contribution in [2.75, 3.05) is 19.7 Å². The Bertz CT molecular complexity index is 499. The fourth-order valence-electron chi connectivity index (χ4n) is 2.53. The Balaban J connectivity index is 1.90. The normalized spacial score (nSPS) is 19.4. The van der Waals surface area contributed by atoms with Crippen LogP contribution in [-0.2, 0) is 4.79 Å². The molecule has 0 N–H and O–H groups in total. The molecule has 1 aliphatic rings.